The summed E-state index contributed by atoms with van der Waals surface area (Å²) in [6.45, 7) is 3.29. The molecule has 2 rings (SSSR count). The van der Waals surface area contributed by atoms with Gasteiger partial charge in [0.2, 0.25) is 0 Å². The SMILES string of the molecule is CCNC(Cc1cccnc1)C1CCCCCC1. The molecule has 1 N–H and O–H groups in total. The molecule has 0 aliphatic heterocycles. The first-order valence-corrected chi connectivity index (χ1v) is 7.52. The van der Waals surface area contributed by atoms with Crippen LogP contribution >= 0.6 is 0 Å². The molecule has 1 aromatic rings. The van der Waals surface area contributed by atoms with Crippen molar-refractivity contribution in [1.82, 2.24) is 10.3 Å². The van der Waals surface area contributed by atoms with Gasteiger partial charge in [0.1, 0.15) is 0 Å². The summed E-state index contributed by atoms with van der Waals surface area (Å²) in [7, 11) is 0. The highest BCUT2D eigenvalue weighted by Crippen LogP contribution is 2.27. The van der Waals surface area contributed by atoms with Crippen molar-refractivity contribution in [2.45, 2.75) is 57.9 Å². The van der Waals surface area contributed by atoms with Crippen LogP contribution in [0.5, 0.6) is 0 Å². The summed E-state index contributed by atoms with van der Waals surface area (Å²) in [5, 5.41) is 3.70. The second kappa shape index (κ2) is 7.52. The van der Waals surface area contributed by atoms with Gasteiger partial charge in [-0.05, 0) is 43.4 Å². The first kappa shape index (κ1) is 13.5. The predicted molar refractivity (Wildman–Crippen MR) is 76.6 cm³/mol. The van der Waals surface area contributed by atoms with Crippen molar-refractivity contribution < 1.29 is 0 Å². The van der Waals surface area contributed by atoms with Crippen molar-refractivity contribution in [2.75, 3.05) is 6.54 Å². The van der Waals surface area contributed by atoms with Gasteiger partial charge in [0.15, 0.2) is 0 Å². The lowest BCUT2D eigenvalue weighted by atomic mass is 9.88. The van der Waals surface area contributed by atoms with E-state index >= 15 is 0 Å². The first-order valence-electron chi connectivity index (χ1n) is 7.52. The standard InChI is InChI=1S/C16H26N2/c1-2-18-16(12-14-8-7-11-17-13-14)15-9-5-3-4-6-10-15/h7-8,11,13,15-16,18H,2-6,9-10,12H2,1H3. The van der Waals surface area contributed by atoms with E-state index in [9.17, 15) is 0 Å². The van der Waals surface area contributed by atoms with Crippen LogP contribution in [0.4, 0.5) is 0 Å². The van der Waals surface area contributed by atoms with E-state index < -0.39 is 0 Å². The lowest BCUT2D eigenvalue weighted by Crippen LogP contribution is -2.38. The highest BCUT2D eigenvalue weighted by molar-refractivity contribution is 5.10. The van der Waals surface area contributed by atoms with Gasteiger partial charge in [-0.25, -0.2) is 0 Å². The zero-order valence-electron chi connectivity index (χ0n) is 11.6. The molecule has 1 aliphatic carbocycles. The number of hydrogen-bond acceptors (Lipinski definition) is 2. The Bertz CT molecular complexity index is 315. The number of nitrogens with zero attached hydrogens (tertiary/aromatic N) is 1. The second-order valence-corrected chi connectivity index (χ2v) is 5.48. The summed E-state index contributed by atoms with van der Waals surface area (Å²) >= 11 is 0. The molecule has 100 valence electrons. The Morgan fingerprint density at radius 3 is 2.67 bits per heavy atom. The zero-order chi connectivity index (χ0) is 12.6. The average molecular weight is 246 g/mol. The minimum absolute atomic E-state index is 0.636. The van der Waals surface area contributed by atoms with Gasteiger partial charge in [-0.2, -0.15) is 0 Å². The molecule has 1 unspecified atom stereocenters. The van der Waals surface area contributed by atoms with Crippen LogP contribution in [0.15, 0.2) is 24.5 Å². The van der Waals surface area contributed by atoms with E-state index in [0.29, 0.717) is 6.04 Å². The number of pyridine rings is 1. The molecule has 1 atom stereocenters. The van der Waals surface area contributed by atoms with Gasteiger partial charge in [-0.15, -0.1) is 0 Å². The quantitative estimate of drug-likeness (QED) is 0.803. The number of aromatic nitrogens is 1. The van der Waals surface area contributed by atoms with E-state index in [4.69, 9.17) is 0 Å². The molecule has 1 fully saturated rings. The highest BCUT2D eigenvalue weighted by Gasteiger charge is 2.22. The van der Waals surface area contributed by atoms with Gasteiger partial charge in [0, 0.05) is 18.4 Å². The van der Waals surface area contributed by atoms with Crippen LogP contribution in [-0.2, 0) is 6.42 Å². The smallest absolute Gasteiger partial charge is 0.0300 e. The van der Waals surface area contributed by atoms with E-state index in [1.165, 1.54) is 44.1 Å². The lowest BCUT2D eigenvalue weighted by Gasteiger charge is -2.27. The third-order valence-electron chi connectivity index (χ3n) is 4.11. The van der Waals surface area contributed by atoms with Crippen LogP contribution in [-0.4, -0.2) is 17.6 Å². The van der Waals surface area contributed by atoms with E-state index in [1.54, 1.807) is 0 Å². The van der Waals surface area contributed by atoms with E-state index in [1.807, 2.05) is 18.5 Å². The molecule has 1 aliphatic rings. The Hall–Kier alpha value is -0.890. The molecule has 1 saturated carbocycles. The first-order chi connectivity index (χ1) is 8.90. The predicted octanol–water partition coefficient (Wildman–Crippen LogP) is 3.57. The maximum atomic E-state index is 4.23. The molecule has 2 nitrogen and oxygen atoms in total. The van der Waals surface area contributed by atoms with Crippen LogP contribution in [0, 0.1) is 5.92 Å². The molecular formula is C16H26N2. The summed E-state index contributed by atoms with van der Waals surface area (Å²) in [5.41, 5.74) is 1.37. The third kappa shape index (κ3) is 4.09. The van der Waals surface area contributed by atoms with Crippen molar-refractivity contribution in [3.8, 4) is 0 Å². The molecule has 18 heavy (non-hydrogen) atoms. The fourth-order valence-electron chi connectivity index (χ4n) is 3.15. The van der Waals surface area contributed by atoms with E-state index in [0.717, 1.165) is 18.9 Å². The largest absolute Gasteiger partial charge is 0.314 e. The molecule has 0 bridgehead atoms. The summed E-state index contributed by atoms with van der Waals surface area (Å²) in [4.78, 5) is 4.23. The molecule has 2 heteroatoms. The minimum atomic E-state index is 0.636. The number of hydrogen-bond donors (Lipinski definition) is 1. The Balaban J connectivity index is 1.97. The fourth-order valence-corrected chi connectivity index (χ4v) is 3.15. The Labute approximate surface area is 111 Å². The number of nitrogens with one attached hydrogen (secondary N) is 1. The van der Waals surface area contributed by atoms with Gasteiger partial charge >= 0.3 is 0 Å². The molecule has 1 aromatic heterocycles. The normalized spacial score (nSPS) is 19.4. The molecule has 0 spiro atoms. The van der Waals surface area contributed by atoms with Crippen molar-refractivity contribution >= 4 is 0 Å². The topological polar surface area (TPSA) is 24.9 Å². The summed E-state index contributed by atoms with van der Waals surface area (Å²) in [5.74, 6) is 0.854. The Morgan fingerprint density at radius 1 is 1.28 bits per heavy atom. The van der Waals surface area contributed by atoms with Crippen molar-refractivity contribution in [1.29, 1.82) is 0 Å². The maximum absolute atomic E-state index is 4.23. The molecule has 0 radical (unpaired) electrons. The summed E-state index contributed by atoms with van der Waals surface area (Å²) in [6.07, 6.45) is 13.5. The van der Waals surface area contributed by atoms with Gasteiger partial charge < -0.3 is 5.32 Å². The lowest BCUT2D eigenvalue weighted by molar-refractivity contribution is 0.321. The maximum Gasteiger partial charge on any atom is 0.0300 e. The van der Waals surface area contributed by atoms with Crippen LogP contribution < -0.4 is 5.32 Å². The molecule has 0 aromatic carbocycles. The molecular weight excluding hydrogens is 220 g/mol. The van der Waals surface area contributed by atoms with Crippen molar-refractivity contribution in [3.05, 3.63) is 30.1 Å². The van der Waals surface area contributed by atoms with Crippen LogP contribution in [0.25, 0.3) is 0 Å². The van der Waals surface area contributed by atoms with Crippen molar-refractivity contribution in [3.63, 3.8) is 0 Å². The van der Waals surface area contributed by atoms with E-state index in [2.05, 4.69) is 23.3 Å². The van der Waals surface area contributed by atoms with Crippen LogP contribution in [0.2, 0.25) is 0 Å². The molecule has 0 amide bonds. The summed E-state index contributed by atoms with van der Waals surface area (Å²) < 4.78 is 0. The monoisotopic (exact) mass is 246 g/mol. The summed E-state index contributed by atoms with van der Waals surface area (Å²) in [6, 6.07) is 4.89. The molecule has 0 saturated heterocycles. The number of likely N-dealkylation sites (N-methyl/N-ethyl adjacent to an activating group) is 1. The number of rotatable bonds is 5. The van der Waals surface area contributed by atoms with Crippen LogP contribution in [0.3, 0.4) is 0 Å². The van der Waals surface area contributed by atoms with Gasteiger partial charge in [-0.1, -0.05) is 38.7 Å². The van der Waals surface area contributed by atoms with Gasteiger partial charge in [0.25, 0.3) is 0 Å². The molecule has 1 heterocycles. The Morgan fingerprint density at radius 2 is 2.06 bits per heavy atom. The van der Waals surface area contributed by atoms with E-state index in [-0.39, 0.29) is 0 Å². The van der Waals surface area contributed by atoms with Gasteiger partial charge in [-0.3, -0.25) is 4.98 Å². The second-order valence-electron chi connectivity index (χ2n) is 5.48. The fraction of sp³-hybridized carbons (Fsp3) is 0.688. The average Bonchev–Trinajstić information content (AvgIpc) is 2.68. The Kier molecular flexibility index (Phi) is 5.66. The zero-order valence-corrected chi connectivity index (χ0v) is 11.6. The third-order valence-corrected chi connectivity index (χ3v) is 4.11. The highest BCUT2D eigenvalue weighted by atomic mass is 14.9. The minimum Gasteiger partial charge on any atom is -0.314 e. The van der Waals surface area contributed by atoms with Crippen LogP contribution in [0.1, 0.15) is 51.0 Å². The van der Waals surface area contributed by atoms with Crippen molar-refractivity contribution in [2.24, 2.45) is 5.92 Å². The van der Waals surface area contributed by atoms with Gasteiger partial charge in [0.05, 0.1) is 0 Å².